The second kappa shape index (κ2) is 20.4. The van der Waals surface area contributed by atoms with E-state index in [1.54, 1.807) is 0 Å². The van der Waals surface area contributed by atoms with E-state index in [-0.39, 0.29) is 6.61 Å². The molecule has 0 bridgehead atoms. The van der Waals surface area contributed by atoms with Gasteiger partial charge >= 0.3 is 7.82 Å². The largest absolute Gasteiger partial charge is 0.469 e. The molecule has 5 heteroatoms. The fourth-order valence-electron chi connectivity index (χ4n) is 3.67. The predicted molar refractivity (Wildman–Crippen MR) is 121 cm³/mol. The van der Waals surface area contributed by atoms with Gasteiger partial charge in [-0.05, 0) is 12.3 Å². The Morgan fingerprint density at radius 3 is 1.14 bits per heavy atom. The normalized spacial score (nSPS) is 12.2. The van der Waals surface area contributed by atoms with Gasteiger partial charge in [-0.1, -0.05) is 129 Å². The Bertz CT molecular complexity index is 355. The van der Waals surface area contributed by atoms with Gasteiger partial charge < -0.3 is 9.79 Å². The third kappa shape index (κ3) is 26.1. The van der Waals surface area contributed by atoms with E-state index >= 15 is 0 Å². The number of hydrogen-bond acceptors (Lipinski definition) is 2. The number of phosphoric acid groups is 1. The fourth-order valence-corrected chi connectivity index (χ4v) is 4.03. The Kier molecular flexibility index (Phi) is 20.5. The summed E-state index contributed by atoms with van der Waals surface area (Å²) in [5.41, 5.74) is 0. The van der Waals surface area contributed by atoms with E-state index in [9.17, 15) is 4.57 Å². The van der Waals surface area contributed by atoms with Crippen LogP contribution in [0.3, 0.4) is 0 Å². The average molecular weight is 421 g/mol. The lowest BCUT2D eigenvalue weighted by Gasteiger charge is -2.05. The number of phosphoric ester groups is 1. The number of hydrogen-bond donors (Lipinski definition) is 2. The SMILES string of the molecule is CC(C)CCCCCCCCCCCCCCCCCCCCOP(=O)(O)O. The summed E-state index contributed by atoms with van der Waals surface area (Å²) in [6.07, 6.45) is 25.1. The lowest BCUT2D eigenvalue weighted by atomic mass is 10.0. The van der Waals surface area contributed by atoms with Crippen molar-refractivity contribution in [1.29, 1.82) is 0 Å². The van der Waals surface area contributed by atoms with E-state index in [1.807, 2.05) is 0 Å². The molecule has 0 aromatic heterocycles. The molecule has 0 amide bonds. The molecule has 0 aromatic carbocycles. The van der Waals surface area contributed by atoms with Gasteiger partial charge in [0.2, 0.25) is 0 Å². The van der Waals surface area contributed by atoms with Crippen LogP contribution in [-0.4, -0.2) is 16.4 Å². The molecular weight excluding hydrogens is 371 g/mol. The number of unbranched alkanes of at least 4 members (excludes halogenated alkanes) is 17. The van der Waals surface area contributed by atoms with Crippen LogP contribution in [0.4, 0.5) is 0 Å². The zero-order valence-electron chi connectivity index (χ0n) is 18.9. The standard InChI is InChI=1S/C23H49O4P/c1-23(2)21-19-17-15-13-11-9-7-5-3-4-6-8-10-12-14-16-18-20-22-27-28(24,25)26/h23H,3-22H2,1-2H3,(H2,24,25,26). The molecule has 0 aliphatic carbocycles. The van der Waals surface area contributed by atoms with Crippen LogP contribution in [0.5, 0.6) is 0 Å². The van der Waals surface area contributed by atoms with Crippen molar-refractivity contribution < 1.29 is 18.9 Å². The van der Waals surface area contributed by atoms with Gasteiger partial charge in [-0.15, -0.1) is 0 Å². The lowest BCUT2D eigenvalue weighted by molar-refractivity contribution is 0.193. The molecular formula is C23H49O4P. The molecule has 0 fully saturated rings. The summed E-state index contributed by atoms with van der Waals surface area (Å²) in [6.45, 7) is 4.81. The van der Waals surface area contributed by atoms with Crippen molar-refractivity contribution in [3.8, 4) is 0 Å². The minimum absolute atomic E-state index is 0.169. The van der Waals surface area contributed by atoms with E-state index in [0.717, 1.165) is 25.2 Å². The maximum absolute atomic E-state index is 10.5. The van der Waals surface area contributed by atoms with Crippen LogP contribution in [0.1, 0.15) is 136 Å². The third-order valence-corrected chi connectivity index (χ3v) is 5.95. The molecule has 170 valence electrons. The Labute approximate surface area is 175 Å². The molecule has 0 saturated carbocycles. The van der Waals surface area contributed by atoms with Crippen molar-refractivity contribution >= 4 is 7.82 Å². The van der Waals surface area contributed by atoms with Crippen LogP contribution in [0.2, 0.25) is 0 Å². The predicted octanol–water partition coefficient (Wildman–Crippen LogP) is 8.16. The molecule has 4 nitrogen and oxygen atoms in total. The molecule has 0 spiro atoms. The van der Waals surface area contributed by atoms with Gasteiger partial charge in [0.15, 0.2) is 0 Å². The molecule has 0 aliphatic rings. The van der Waals surface area contributed by atoms with Gasteiger partial charge in [0.05, 0.1) is 6.61 Å². The van der Waals surface area contributed by atoms with Gasteiger partial charge in [-0.25, -0.2) is 4.57 Å². The van der Waals surface area contributed by atoms with Crippen molar-refractivity contribution in [2.24, 2.45) is 5.92 Å². The maximum Gasteiger partial charge on any atom is 0.469 e. The van der Waals surface area contributed by atoms with E-state index in [2.05, 4.69) is 18.4 Å². The monoisotopic (exact) mass is 420 g/mol. The smallest absolute Gasteiger partial charge is 0.303 e. The summed E-state index contributed by atoms with van der Waals surface area (Å²) in [7, 11) is -4.26. The summed E-state index contributed by atoms with van der Waals surface area (Å²) >= 11 is 0. The average Bonchev–Trinajstić information content (AvgIpc) is 2.61. The van der Waals surface area contributed by atoms with Gasteiger partial charge in [0.25, 0.3) is 0 Å². The highest BCUT2D eigenvalue weighted by Crippen LogP contribution is 2.35. The van der Waals surface area contributed by atoms with E-state index in [0.29, 0.717) is 0 Å². The lowest BCUT2D eigenvalue weighted by Crippen LogP contribution is -1.92. The van der Waals surface area contributed by atoms with Crippen LogP contribution in [-0.2, 0) is 9.09 Å². The zero-order valence-corrected chi connectivity index (χ0v) is 19.8. The first kappa shape index (κ1) is 28.1. The molecule has 0 atom stereocenters. The molecule has 0 aromatic rings. The van der Waals surface area contributed by atoms with Crippen LogP contribution in [0.15, 0.2) is 0 Å². The molecule has 2 N–H and O–H groups in total. The maximum atomic E-state index is 10.5. The molecule has 0 radical (unpaired) electrons. The summed E-state index contributed by atoms with van der Waals surface area (Å²) in [6, 6.07) is 0. The highest BCUT2D eigenvalue weighted by atomic mass is 31.2. The second-order valence-corrected chi connectivity index (χ2v) is 10.1. The molecule has 28 heavy (non-hydrogen) atoms. The Hall–Kier alpha value is 0.110. The second-order valence-electron chi connectivity index (χ2n) is 8.87. The highest BCUT2D eigenvalue weighted by Gasteiger charge is 2.12. The minimum atomic E-state index is -4.26. The van der Waals surface area contributed by atoms with Crippen LogP contribution in [0.25, 0.3) is 0 Å². The van der Waals surface area contributed by atoms with Crippen molar-refractivity contribution in [3.63, 3.8) is 0 Å². The summed E-state index contributed by atoms with van der Waals surface area (Å²) in [5.74, 6) is 0.871. The van der Waals surface area contributed by atoms with Crippen LogP contribution in [0, 0.1) is 5.92 Å². The van der Waals surface area contributed by atoms with E-state index in [4.69, 9.17) is 9.79 Å². The third-order valence-electron chi connectivity index (χ3n) is 5.44. The Morgan fingerprint density at radius 1 is 0.571 bits per heavy atom. The summed E-state index contributed by atoms with van der Waals surface area (Å²) in [4.78, 5) is 17.1. The molecule has 0 aliphatic heterocycles. The van der Waals surface area contributed by atoms with Gasteiger partial charge in [-0.2, -0.15) is 0 Å². The minimum Gasteiger partial charge on any atom is -0.303 e. The first-order chi connectivity index (χ1) is 13.4. The quantitative estimate of drug-likeness (QED) is 0.137. The number of rotatable bonds is 22. The molecule has 0 saturated heterocycles. The molecule has 0 unspecified atom stereocenters. The van der Waals surface area contributed by atoms with Crippen LogP contribution >= 0.6 is 7.82 Å². The summed E-state index contributed by atoms with van der Waals surface area (Å²) in [5, 5.41) is 0. The molecule has 0 heterocycles. The fraction of sp³-hybridized carbons (Fsp3) is 1.00. The zero-order chi connectivity index (χ0) is 20.9. The summed E-state index contributed by atoms with van der Waals surface area (Å²) < 4.78 is 14.9. The first-order valence-electron chi connectivity index (χ1n) is 12.1. The Balaban J connectivity index is 3.04. The van der Waals surface area contributed by atoms with Gasteiger partial charge in [0.1, 0.15) is 0 Å². The van der Waals surface area contributed by atoms with E-state index < -0.39 is 7.82 Å². The first-order valence-corrected chi connectivity index (χ1v) is 13.6. The van der Waals surface area contributed by atoms with Crippen molar-refractivity contribution in [2.45, 2.75) is 136 Å². The molecule has 0 rings (SSSR count). The van der Waals surface area contributed by atoms with Crippen molar-refractivity contribution in [1.82, 2.24) is 0 Å². The Morgan fingerprint density at radius 2 is 0.857 bits per heavy atom. The van der Waals surface area contributed by atoms with Gasteiger partial charge in [0, 0.05) is 0 Å². The topological polar surface area (TPSA) is 66.8 Å². The highest BCUT2D eigenvalue weighted by molar-refractivity contribution is 7.46. The van der Waals surface area contributed by atoms with E-state index in [1.165, 1.54) is 103 Å². The van der Waals surface area contributed by atoms with Crippen molar-refractivity contribution in [3.05, 3.63) is 0 Å². The van der Waals surface area contributed by atoms with Crippen LogP contribution < -0.4 is 0 Å². The van der Waals surface area contributed by atoms with Gasteiger partial charge in [-0.3, -0.25) is 4.52 Å². The van der Waals surface area contributed by atoms with Crippen molar-refractivity contribution in [2.75, 3.05) is 6.61 Å².